The van der Waals surface area contributed by atoms with Crippen molar-refractivity contribution in [1.29, 1.82) is 0 Å². The molecule has 0 spiro atoms. The van der Waals surface area contributed by atoms with E-state index in [1.807, 2.05) is 0 Å². The second-order valence-corrected chi connectivity index (χ2v) is 5.65. The second kappa shape index (κ2) is 6.53. The molecule has 19 heavy (non-hydrogen) atoms. The van der Waals surface area contributed by atoms with Gasteiger partial charge in [0.05, 0.1) is 6.10 Å². The third kappa shape index (κ3) is 3.18. The van der Waals surface area contributed by atoms with E-state index in [0.29, 0.717) is 0 Å². The summed E-state index contributed by atoms with van der Waals surface area (Å²) in [7, 11) is 0. The summed E-state index contributed by atoms with van der Waals surface area (Å²) in [5.41, 5.74) is 3.28. The molecule has 108 valence electrons. The maximum atomic E-state index is 10.9. The minimum absolute atomic E-state index is 0.205. The van der Waals surface area contributed by atoms with Gasteiger partial charge in [-0.1, -0.05) is 44.5 Å². The number of hydrogen-bond acceptors (Lipinski definition) is 2. The van der Waals surface area contributed by atoms with Crippen molar-refractivity contribution in [3.63, 3.8) is 0 Å². The summed E-state index contributed by atoms with van der Waals surface area (Å²) in [5.74, 6) is 0. The first-order valence-corrected chi connectivity index (χ1v) is 7.40. The highest BCUT2D eigenvalue weighted by atomic mass is 16.3. The third-order valence-electron chi connectivity index (χ3n) is 4.51. The van der Waals surface area contributed by atoms with Gasteiger partial charge < -0.3 is 5.11 Å². The van der Waals surface area contributed by atoms with Crippen LogP contribution in [0.2, 0.25) is 0 Å². The Hall–Kier alpha value is -0.860. The lowest BCUT2D eigenvalue weighted by Gasteiger charge is -2.44. The number of benzene rings is 1. The predicted octanol–water partition coefficient (Wildman–Crippen LogP) is 3.85. The first-order valence-electron chi connectivity index (χ1n) is 7.40. The molecule has 0 amide bonds. The fraction of sp³-hybridized carbons (Fsp3) is 0.647. The van der Waals surface area contributed by atoms with Crippen molar-refractivity contribution in [1.82, 2.24) is 4.90 Å². The zero-order valence-corrected chi connectivity index (χ0v) is 13.3. The number of aliphatic hydroxyl groups is 1. The molecule has 0 bridgehead atoms. The number of aliphatic hydroxyl groups excluding tert-OH is 1. The molecule has 0 aliphatic heterocycles. The van der Waals surface area contributed by atoms with Gasteiger partial charge in [-0.2, -0.15) is 0 Å². The number of aryl methyl sites for hydroxylation is 2. The van der Waals surface area contributed by atoms with Crippen LogP contribution in [0.4, 0.5) is 0 Å². The normalized spacial score (nSPS) is 16.4. The summed E-state index contributed by atoms with van der Waals surface area (Å²) in [4.78, 5) is 2.36. The Morgan fingerprint density at radius 3 is 2.16 bits per heavy atom. The van der Waals surface area contributed by atoms with Gasteiger partial charge in [0.25, 0.3) is 0 Å². The largest absolute Gasteiger partial charge is 0.386 e. The van der Waals surface area contributed by atoms with E-state index in [1.54, 1.807) is 0 Å². The SMILES string of the molecule is CCN(CC)C(C)(CC)C(O)c1ccc(C)cc1C. The van der Waals surface area contributed by atoms with Crippen LogP contribution in [0.3, 0.4) is 0 Å². The Morgan fingerprint density at radius 2 is 1.74 bits per heavy atom. The molecule has 1 aromatic rings. The predicted molar refractivity (Wildman–Crippen MR) is 82.5 cm³/mol. The Morgan fingerprint density at radius 1 is 1.16 bits per heavy atom. The molecule has 0 fully saturated rings. The molecule has 0 aromatic heterocycles. The van der Waals surface area contributed by atoms with Crippen molar-refractivity contribution in [2.24, 2.45) is 0 Å². The molecule has 2 atom stereocenters. The molecule has 0 radical (unpaired) electrons. The minimum Gasteiger partial charge on any atom is -0.386 e. The zero-order valence-electron chi connectivity index (χ0n) is 13.3. The van der Waals surface area contributed by atoms with Crippen molar-refractivity contribution < 1.29 is 5.11 Å². The highest BCUT2D eigenvalue weighted by Gasteiger charge is 2.37. The first kappa shape index (κ1) is 16.2. The van der Waals surface area contributed by atoms with Crippen LogP contribution in [0.5, 0.6) is 0 Å². The fourth-order valence-corrected chi connectivity index (χ4v) is 3.00. The average molecular weight is 263 g/mol. The molecule has 2 unspecified atom stereocenters. The Labute approximate surface area is 118 Å². The van der Waals surface area contributed by atoms with Crippen molar-refractivity contribution in [2.75, 3.05) is 13.1 Å². The van der Waals surface area contributed by atoms with Crippen LogP contribution in [0.15, 0.2) is 18.2 Å². The zero-order chi connectivity index (χ0) is 14.6. The summed E-state index contributed by atoms with van der Waals surface area (Å²) in [6, 6.07) is 6.31. The second-order valence-electron chi connectivity index (χ2n) is 5.65. The number of rotatable bonds is 6. The van der Waals surface area contributed by atoms with Crippen molar-refractivity contribution in [3.05, 3.63) is 34.9 Å². The lowest BCUT2D eigenvalue weighted by atomic mass is 9.83. The van der Waals surface area contributed by atoms with Gasteiger partial charge in [0, 0.05) is 5.54 Å². The Kier molecular flexibility index (Phi) is 5.57. The lowest BCUT2D eigenvalue weighted by molar-refractivity contribution is -0.0216. The highest BCUT2D eigenvalue weighted by Crippen LogP contribution is 2.35. The molecule has 0 saturated carbocycles. The van der Waals surface area contributed by atoms with Crippen molar-refractivity contribution in [3.8, 4) is 0 Å². The summed E-state index contributed by atoms with van der Waals surface area (Å²) in [6.45, 7) is 14.7. The van der Waals surface area contributed by atoms with Gasteiger partial charge in [0.15, 0.2) is 0 Å². The maximum absolute atomic E-state index is 10.9. The van der Waals surface area contributed by atoms with Crippen molar-refractivity contribution in [2.45, 2.75) is 59.6 Å². The maximum Gasteiger partial charge on any atom is 0.0973 e. The van der Waals surface area contributed by atoms with E-state index >= 15 is 0 Å². The van der Waals surface area contributed by atoms with Gasteiger partial charge in [-0.3, -0.25) is 4.90 Å². The van der Waals surface area contributed by atoms with E-state index in [2.05, 4.69) is 64.6 Å². The summed E-state index contributed by atoms with van der Waals surface area (Å²) in [5, 5.41) is 10.9. The molecule has 0 aliphatic carbocycles. The summed E-state index contributed by atoms with van der Waals surface area (Å²) in [6.07, 6.45) is 0.487. The molecule has 0 saturated heterocycles. The standard InChI is InChI=1S/C17H29NO/c1-7-17(6,18(8-2)9-3)16(19)15-11-10-13(4)12-14(15)5/h10-12,16,19H,7-9H2,1-6H3. The topological polar surface area (TPSA) is 23.5 Å². The van der Waals surface area contributed by atoms with Gasteiger partial charge in [-0.25, -0.2) is 0 Å². The first-order chi connectivity index (χ1) is 8.90. The Bertz CT molecular complexity index is 412. The van der Waals surface area contributed by atoms with Crippen LogP contribution in [0, 0.1) is 13.8 Å². The van der Waals surface area contributed by atoms with Crippen molar-refractivity contribution >= 4 is 0 Å². The van der Waals surface area contributed by atoms with E-state index in [0.717, 1.165) is 25.1 Å². The molecule has 2 nitrogen and oxygen atoms in total. The van der Waals surface area contributed by atoms with E-state index in [4.69, 9.17) is 0 Å². The van der Waals surface area contributed by atoms with Gasteiger partial charge in [0.1, 0.15) is 0 Å². The monoisotopic (exact) mass is 263 g/mol. The summed E-state index contributed by atoms with van der Waals surface area (Å²) < 4.78 is 0. The van der Waals surface area contributed by atoms with E-state index in [1.165, 1.54) is 11.1 Å². The van der Waals surface area contributed by atoms with Gasteiger partial charge in [0.2, 0.25) is 0 Å². The molecule has 1 rings (SSSR count). The third-order valence-corrected chi connectivity index (χ3v) is 4.51. The lowest BCUT2D eigenvalue weighted by Crippen LogP contribution is -2.50. The number of likely N-dealkylation sites (N-methyl/N-ethyl adjacent to an activating group) is 1. The molecule has 0 heterocycles. The quantitative estimate of drug-likeness (QED) is 0.842. The number of hydrogen-bond donors (Lipinski definition) is 1. The van der Waals surface area contributed by atoms with Gasteiger partial charge in [-0.15, -0.1) is 0 Å². The van der Waals surface area contributed by atoms with Crippen LogP contribution < -0.4 is 0 Å². The van der Waals surface area contributed by atoms with E-state index in [9.17, 15) is 5.11 Å². The molecule has 2 heteroatoms. The fourth-order valence-electron chi connectivity index (χ4n) is 3.00. The molecular formula is C17H29NO. The number of nitrogens with zero attached hydrogens (tertiary/aromatic N) is 1. The van der Waals surface area contributed by atoms with Crippen LogP contribution in [0.25, 0.3) is 0 Å². The molecule has 1 N–H and O–H groups in total. The van der Waals surface area contributed by atoms with Crippen LogP contribution in [-0.4, -0.2) is 28.6 Å². The Balaban J connectivity index is 3.17. The molecular weight excluding hydrogens is 234 g/mol. The minimum atomic E-state index is -0.446. The van der Waals surface area contributed by atoms with E-state index < -0.39 is 6.10 Å². The van der Waals surface area contributed by atoms with Crippen LogP contribution in [0.1, 0.15) is 56.9 Å². The van der Waals surface area contributed by atoms with Gasteiger partial charge >= 0.3 is 0 Å². The van der Waals surface area contributed by atoms with Gasteiger partial charge in [-0.05, 0) is 51.4 Å². The highest BCUT2D eigenvalue weighted by molar-refractivity contribution is 5.33. The smallest absolute Gasteiger partial charge is 0.0973 e. The van der Waals surface area contributed by atoms with E-state index in [-0.39, 0.29) is 5.54 Å². The average Bonchev–Trinajstić information content (AvgIpc) is 2.39. The summed E-state index contributed by atoms with van der Waals surface area (Å²) >= 11 is 0. The van der Waals surface area contributed by atoms with Crippen LogP contribution >= 0.6 is 0 Å². The van der Waals surface area contributed by atoms with Crippen LogP contribution in [-0.2, 0) is 0 Å². The molecule has 0 aliphatic rings. The molecule has 1 aromatic carbocycles.